The van der Waals surface area contributed by atoms with Crippen molar-refractivity contribution in [1.29, 1.82) is 0 Å². The molecule has 4 aromatic rings. The van der Waals surface area contributed by atoms with Crippen LogP contribution in [-0.2, 0) is 24.1 Å². The van der Waals surface area contributed by atoms with Crippen LogP contribution in [0.1, 0.15) is 41.7 Å². The monoisotopic (exact) mass is 448 g/mol. The van der Waals surface area contributed by atoms with Crippen molar-refractivity contribution in [3.63, 3.8) is 0 Å². The first kappa shape index (κ1) is 20.4. The van der Waals surface area contributed by atoms with Crippen molar-refractivity contribution in [3.8, 4) is 10.6 Å². The number of nitrogens with zero attached hydrogens (tertiary/aromatic N) is 4. The van der Waals surface area contributed by atoms with Gasteiger partial charge in [-0.3, -0.25) is 14.7 Å². The molecule has 5 nitrogen and oxygen atoms in total. The van der Waals surface area contributed by atoms with Gasteiger partial charge in [-0.2, -0.15) is 0 Å². The van der Waals surface area contributed by atoms with Crippen LogP contribution in [0, 0.1) is 0 Å². The van der Waals surface area contributed by atoms with Crippen LogP contribution >= 0.6 is 22.7 Å². The van der Waals surface area contributed by atoms with Crippen molar-refractivity contribution in [2.45, 2.75) is 39.2 Å². The second kappa shape index (κ2) is 8.57. The number of ketones is 1. The Labute approximate surface area is 189 Å². The van der Waals surface area contributed by atoms with E-state index in [1.165, 1.54) is 21.5 Å². The Morgan fingerprint density at radius 1 is 1.16 bits per heavy atom. The zero-order valence-electron chi connectivity index (χ0n) is 17.7. The highest BCUT2D eigenvalue weighted by Gasteiger charge is 2.21. The average Bonchev–Trinajstić information content (AvgIpc) is 3.37. The Balaban J connectivity index is 1.33. The molecule has 1 atom stereocenters. The zero-order chi connectivity index (χ0) is 21.4. The fourth-order valence-corrected chi connectivity index (χ4v) is 5.81. The van der Waals surface area contributed by atoms with Crippen molar-refractivity contribution in [1.82, 2.24) is 19.9 Å². The maximum Gasteiger partial charge on any atom is 0.136 e. The Bertz CT molecular complexity index is 1250. The van der Waals surface area contributed by atoms with Crippen molar-refractivity contribution >= 4 is 38.7 Å². The van der Waals surface area contributed by atoms with Crippen LogP contribution in [0.4, 0.5) is 0 Å². The summed E-state index contributed by atoms with van der Waals surface area (Å²) in [4.78, 5) is 28.8. The maximum atomic E-state index is 11.4. The topological polar surface area (TPSA) is 59.0 Å². The molecule has 0 N–H and O–H groups in total. The third kappa shape index (κ3) is 4.31. The molecule has 31 heavy (non-hydrogen) atoms. The summed E-state index contributed by atoms with van der Waals surface area (Å²) in [6.07, 6.45) is 4.18. The highest BCUT2D eigenvalue weighted by atomic mass is 32.1. The van der Waals surface area contributed by atoms with Gasteiger partial charge in [0.15, 0.2) is 0 Å². The van der Waals surface area contributed by atoms with E-state index in [1.807, 2.05) is 11.7 Å². The van der Waals surface area contributed by atoms with E-state index in [9.17, 15) is 4.79 Å². The second-order valence-electron chi connectivity index (χ2n) is 8.09. The first-order valence-electron chi connectivity index (χ1n) is 10.6. The second-order valence-corrected chi connectivity index (χ2v) is 10.1. The van der Waals surface area contributed by atoms with E-state index in [0.717, 1.165) is 47.0 Å². The average molecular weight is 449 g/mol. The van der Waals surface area contributed by atoms with E-state index in [-0.39, 0.29) is 5.78 Å². The molecular weight excluding hydrogens is 424 g/mol. The summed E-state index contributed by atoms with van der Waals surface area (Å²) in [5.41, 5.74) is 7.80. The van der Waals surface area contributed by atoms with Crippen LogP contribution in [0.2, 0.25) is 0 Å². The first-order valence-corrected chi connectivity index (χ1v) is 12.3. The number of pyridine rings is 1. The van der Waals surface area contributed by atoms with Crippen LogP contribution in [0.5, 0.6) is 0 Å². The van der Waals surface area contributed by atoms with E-state index in [0.29, 0.717) is 12.5 Å². The SMILES string of the molecule is CC(=O)Cc1ncc(-c2ccc3c(n2)CCN([C@@H](C)c2ccc4scnc4c2)CC3)s1. The number of carbonyl (C=O) groups excluding carboxylic acids is 1. The Morgan fingerprint density at radius 3 is 2.90 bits per heavy atom. The van der Waals surface area contributed by atoms with E-state index < -0.39 is 0 Å². The van der Waals surface area contributed by atoms with Gasteiger partial charge in [-0.1, -0.05) is 12.1 Å². The molecule has 0 saturated carbocycles. The van der Waals surface area contributed by atoms with Gasteiger partial charge in [-0.15, -0.1) is 22.7 Å². The number of fused-ring (bicyclic) bond motifs is 2. The first-order chi connectivity index (χ1) is 15.1. The van der Waals surface area contributed by atoms with Crippen molar-refractivity contribution in [2.75, 3.05) is 13.1 Å². The molecule has 4 heterocycles. The van der Waals surface area contributed by atoms with Gasteiger partial charge in [0, 0.05) is 37.4 Å². The summed E-state index contributed by atoms with van der Waals surface area (Å²) < 4.78 is 1.24. The van der Waals surface area contributed by atoms with Crippen LogP contribution in [-0.4, -0.2) is 38.7 Å². The van der Waals surface area contributed by atoms with Crippen LogP contribution < -0.4 is 0 Å². The highest BCUT2D eigenvalue weighted by Crippen LogP contribution is 2.30. The van der Waals surface area contributed by atoms with Crippen LogP contribution in [0.3, 0.4) is 0 Å². The minimum atomic E-state index is 0.138. The fourth-order valence-electron chi connectivity index (χ4n) is 4.19. The standard InChI is InChI=1S/C24H24N4OS2/c1-15(29)11-24-25-13-23(31-24)20-5-3-17-7-9-28(10-8-19(17)27-20)16(2)18-4-6-22-21(12-18)26-14-30-22/h3-6,12-14,16H,7-11H2,1-2H3/t16-/m0/s1. The quantitative estimate of drug-likeness (QED) is 0.425. The molecule has 0 saturated heterocycles. The molecule has 1 aliphatic heterocycles. The van der Waals surface area contributed by atoms with Gasteiger partial charge in [-0.05, 0) is 49.6 Å². The van der Waals surface area contributed by atoms with Gasteiger partial charge < -0.3 is 0 Å². The van der Waals surface area contributed by atoms with Gasteiger partial charge in [0.2, 0.25) is 0 Å². The normalized spacial score (nSPS) is 15.5. The summed E-state index contributed by atoms with van der Waals surface area (Å²) in [6.45, 7) is 5.89. The molecule has 3 aromatic heterocycles. The lowest BCUT2D eigenvalue weighted by atomic mass is 10.1. The molecule has 7 heteroatoms. The summed E-state index contributed by atoms with van der Waals surface area (Å²) in [6, 6.07) is 11.3. The molecular formula is C24H24N4OS2. The van der Waals surface area contributed by atoms with Crippen molar-refractivity contribution < 1.29 is 4.79 Å². The lowest BCUT2D eigenvalue weighted by Crippen LogP contribution is -2.29. The summed E-state index contributed by atoms with van der Waals surface area (Å²) >= 11 is 3.25. The minimum Gasteiger partial charge on any atom is -0.300 e. The van der Waals surface area contributed by atoms with E-state index >= 15 is 0 Å². The molecule has 0 aliphatic carbocycles. The number of carbonyl (C=O) groups is 1. The maximum absolute atomic E-state index is 11.4. The number of aromatic nitrogens is 3. The highest BCUT2D eigenvalue weighted by molar-refractivity contribution is 7.16. The number of Topliss-reactive ketones (excluding diaryl/α,β-unsaturated/α-hetero) is 1. The number of thiazole rings is 2. The summed E-state index contributed by atoms with van der Waals surface area (Å²) in [5.74, 6) is 0.138. The molecule has 0 radical (unpaired) electrons. The molecule has 0 bridgehead atoms. The molecule has 0 unspecified atom stereocenters. The summed E-state index contributed by atoms with van der Waals surface area (Å²) in [7, 11) is 0. The van der Waals surface area contributed by atoms with E-state index in [4.69, 9.17) is 4.98 Å². The van der Waals surface area contributed by atoms with Crippen molar-refractivity contribution in [2.24, 2.45) is 0 Å². The van der Waals surface area contributed by atoms with Crippen molar-refractivity contribution in [3.05, 3.63) is 63.9 Å². The number of hydrogen-bond donors (Lipinski definition) is 0. The fraction of sp³-hybridized carbons (Fsp3) is 0.333. The summed E-state index contributed by atoms with van der Waals surface area (Å²) in [5, 5.41) is 0.858. The number of benzene rings is 1. The molecule has 158 valence electrons. The van der Waals surface area contributed by atoms with E-state index in [1.54, 1.807) is 29.6 Å². The lowest BCUT2D eigenvalue weighted by Gasteiger charge is -2.27. The third-order valence-corrected chi connectivity index (χ3v) is 7.79. The molecule has 0 spiro atoms. The van der Waals surface area contributed by atoms with Gasteiger partial charge in [-0.25, -0.2) is 9.97 Å². The largest absolute Gasteiger partial charge is 0.300 e. The third-order valence-electron chi connectivity index (χ3n) is 5.96. The van der Waals surface area contributed by atoms with Gasteiger partial charge in [0.05, 0.1) is 32.7 Å². The Kier molecular flexibility index (Phi) is 5.65. The van der Waals surface area contributed by atoms with Crippen LogP contribution in [0.25, 0.3) is 20.8 Å². The van der Waals surface area contributed by atoms with Crippen LogP contribution in [0.15, 0.2) is 42.0 Å². The molecule has 5 rings (SSSR count). The van der Waals surface area contributed by atoms with Gasteiger partial charge in [0.25, 0.3) is 0 Å². The molecule has 0 fully saturated rings. The molecule has 1 aliphatic rings. The Hall–Kier alpha value is -2.48. The molecule has 1 aromatic carbocycles. The molecule has 0 amide bonds. The smallest absolute Gasteiger partial charge is 0.136 e. The number of hydrogen-bond acceptors (Lipinski definition) is 7. The predicted molar refractivity (Wildman–Crippen MR) is 127 cm³/mol. The number of rotatable bonds is 5. The zero-order valence-corrected chi connectivity index (χ0v) is 19.3. The van der Waals surface area contributed by atoms with E-state index in [2.05, 4.69) is 52.1 Å². The van der Waals surface area contributed by atoms with Gasteiger partial charge >= 0.3 is 0 Å². The minimum absolute atomic E-state index is 0.138. The predicted octanol–water partition coefficient (Wildman–Crippen LogP) is 5.11. The van der Waals surface area contributed by atoms with Gasteiger partial charge in [0.1, 0.15) is 10.8 Å². The Morgan fingerprint density at radius 2 is 2.03 bits per heavy atom. The lowest BCUT2D eigenvalue weighted by molar-refractivity contribution is -0.116.